The fourth-order valence-electron chi connectivity index (χ4n) is 4.61. The number of aromatic nitrogens is 1. The molecule has 2 fully saturated rings. The van der Waals surface area contributed by atoms with E-state index in [0.717, 1.165) is 24.3 Å². The number of pyridine rings is 1. The fourth-order valence-corrected chi connectivity index (χ4v) is 4.61. The highest BCUT2D eigenvalue weighted by molar-refractivity contribution is 5.93. The first-order chi connectivity index (χ1) is 15.5. The highest BCUT2D eigenvalue weighted by Crippen LogP contribution is 2.37. The van der Waals surface area contributed by atoms with Crippen molar-refractivity contribution in [1.82, 2.24) is 9.88 Å². The molecular formula is C24H24F2N4O2. The number of aliphatic hydroxyl groups excluding tert-OH is 1. The number of nitrogens with one attached hydrogen (secondary N) is 1. The Hall–Kier alpha value is -3.26. The average Bonchev–Trinajstić information content (AvgIpc) is 3.44. The van der Waals surface area contributed by atoms with Gasteiger partial charge in [-0.15, -0.1) is 0 Å². The molecule has 3 aromatic rings. The van der Waals surface area contributed by atoms with Gasteiger partial charge >= 0.3 is 6.03 Å². The molecule has 1 aromatic heterocycles. The van der Waals surface area contributed by atoms with Crippen LogP contribution in [0.3, 0.4) is 0 Å². The van der Waals surface area contributed by atoms with Crippen LogP contribution in [0.1, 0.15) is 30.9 Å². The topological polar surface area (TPSA) is 68.7 Å². The second-order valence-electron chi connectivity index (χ2n) is 8.41. The Morgan fingerprint density at radius 1 is 1.06 bits per heavy atom. The predicted molar refractivity (Wildman–Crippen MR) is 119 cm³/mol. The van der Waals surface area contributed by atoms with Gasteiger partial charge in [0.15, 0.2) is 0 Å². The SMILES string of the molecule is O=C(Nc1ccc2ccc(N3CCCC3c3cc(F)ccc3F)nc2c1)N1CCC(O)C1. The monoisotopic (exact) mass is 438 g/mol. The molecule has 2 unspecified atom stereocenters. The van der Waals surface area contributed by atoms with Crippen LogP contribution in [-0.2, 0) is 0 Å². The molecule has 5 rings (SSSR count). The molecule has 0 radical (unpaired) electrons. The third-order valence-electron chi connectivity index (χ3n) is 6.24. The minimum atomic E-state index is -0.474. The van der Waals surface area contributed by atoms with E-state index >= 15 is 0 Å². The quantitative estimate of drug-likeness (QED) is 0.634. The number of halogens is 2. The van der Waals surface area contributed by atoms with Gasteiger partial charge in [-0.2, -0.15) is 0 Å². The van der Waals surface area contributed by atoms with Gasteiger partial charge in [-0.25, -0.2) is 18.6 Å². The van der Waals surface area contributed by atoms with Crippen LogP contribution < -0.4 is 10.2 Å². The van der Waals surface area contributed by atoms with Crippen LogP contribution in [0.4, 0.5) is 25.1 Å². The van der Waals surface area contributed by atoms with Gasteiger partial charge in [0.25, 0.3) is 0 Å². The van der Waals surface area contributed by atoms with Crippen molar-refractivity contribution in [2.45, 2.75) is 31.4 Å². The number of benzene rings is 2. The van der Waals surface area contributed by atoms with E-state index in [1.54, 1.807) is 11.0 Å². The summed E-state index contributed by atoms with van der Waals surface area (Å²) in [6.07, 6.45) is 1.69. The molecule has 8 heteroatoms. The maximum absolute atomic E-state index is 14.4. The first kappa shape index (κ1) is 20.6. The molecular weight excluding hydrogens is 414 g/mol. The van der Waals surface area contributed by atoms with Crippen molar-refractivity contribution in [1.29, 1.82) is 0 Å². The summed E-state index contributed by atoms with van der Waals surface area (Å²) in [6.45, 7) is 1.55. The number of likely N-dealkylation sites (tertiary alicyclic amines) is 1. The number of urea groups is 1. The third-order valence-corrected chi connectivity index (χ3v) is 6.24. The van der Waals surface area contributed by atoms with Gasteiger partial charge in [0.05, 0.1) is 17.7 Å². The molecule has 0 bridgehead atoms. The Labute approximate surface area is 184 Å². The molecule has 2 amide bonds. The smallest absolute Gasteiger partial charge is 0.321 e. The lowest BCUT2D eigenvalue weighted by Gasteiger charge is -2.26. The summed E-state index contributed by atoms with van der Waals surface area (Å²) in [6, 6.07) is 12.4. The molecule has 0 aliphatic carbocycles. The zero-order chi connectivity index (χ0) is 22.2. The standard InChI is InChI=1S/C24H24F2N4O2/c25-16-5-7-20(26)19(12-16)22-2-1-10-30(22)23-8-4-15-3-6-17(13-21(15)28-23)27-24(32)29-11-9-18(31)14-29/h3-8,12-13,18,22,31H,1-2,9-11,14H2,(H,27,32). The largest absolute Gasteiger partial charge is 0.391 e. The van der Waals surface area contributed by atoms with Crippen molar-refractivity contribution >= 4 is 28.4 Å². The molecule has 2 atom stereocenters. The molecule has 2 aromatic carbocycles. The minimum Gasteiger partial charge on any atom is -0.391 e. The molecule has 0 spiro atoms. The number of β-amino-alcohol motifs (C(OH)–C–C–N with tert-alkyl or cyclic N) is 1. The molecule has 32 heavy (non-hydrogen) atoms. The number of carbonyl (C=O) groups excluding carboxylic acids is 1. The van der Waals surface area contributed by atoms with E-state index in [1.807, 2.05) is 29.2 Å². The van der Waals surface area contributed by atoms with Crippen LogP contribution in [0, 0.1) is 11.6 Å². The van der Waals surface area contributed by atoms with E-state index < -0.39 is 17.7 Å². The van der Waals surface area contributed by atoms with Crippen LogP contribution in [0.15, 0.2) is 48.5 Å². The number of amides is 2. The van der Waals surface area contributed by atoms with Gasteiger partial charge < -0.3 is 20.2 Å². The summed E-state index contributed by atoms with van der Waals surface area (Å²) < 4.78 is 28.2. The normalized spacial score (nSPS) is 20.8. The average molecular weight is 438 g/mol. The highest BCUT2D eigenvalue weighted by Gasteiger charge is 2.30. The van der Waals surface area contributed by atoms with E-state index in [1.165, 1.54) is 12.1 Å². The van der Waals surface area contributed by atoms with Crippen LogP contribution in [0.2, 0.25) is 0 Å². The number of hydrogen-bond donors (Lipinski definition) is 2. The molecule has 0 saturated carbocycles. The molecule has 166 valence electrons. The number of aliphatic hydroxyl groups is 1. The predicted octanol–water partition coefficient (Wildman–Crippen LogP) is 4.45. The lowest BCUT2D eigenvalue weighted by Crippen LogP contribution is -2.33. The van der Waals surface area contributed by atoms with Gasteiger partial charge in [-0.3, -0.25) is 0 Å². The number of carbonyl (C=O) groups is 1. The lowest BCUT2D eigenvalue weighted by molar-refractivity contribution is 0.176. The summed E-state index contributed by atoms with van der Waals surface area (Å²) in [4.78, 5) is 20.8. The van der Waals surface area contributed by atoms with Gasteiger partial charge in [0.1, 0.15) is 17.5 Å². The maximum Gasteiger partial charge on any atom is 0.321 e. The highest BCUT2D eigenvalue weighted by atomic mass is 19.1. The second kappa shape index (κ2) is 8.35. The minimum absolute atomic E-state index is 0.252. The van der Waals surface area contributed by atoms with Crippen molar-refractivity contribution in [3.8, 4) is 0 Å². The van der Waals surface area contributed by atoms with Crippen molar-refractivity contribution in [3.05, 3.63) is 65.7 Å². The van der Waals surface area contributed by atoms with Gasteiger partial charge in [0, 0.05) is 36.3 Å². The van der Waals surface area contributed by atoms with Gasteiger partial charge in [-0.1, -0.05) is 6.07 Å². The molecule has 3 heterocycles. The number of nitrogens with zero attached hydrogens (tertiary/aromatic N) is 3. The van der Waals surface area contributed by atoms with Crippen LogP contribution >= 0.6 is 0 Å². The first-order valence-corrected chi connectivity index (χ1v) is 10.8. The Morgan fingerprint density at radius 3 is 2.72 bits per heavy atom. The van der Waals surface area contributed by atoms with Gasteiger partial charge in [0.2, 0.25) is 0 Å². The zero-order valence-electron chi connectivity index (χ0n) is 17.5. The van der Waals surface area contributed by atoms with Crippen molar-refractivity contribution in [2.75, 3.05) is 29.9 Å². The number of anilines is 2. The van der Waals surface area contributed by atoms with Crippen molar-refractivity contribution in [2.24, 2.45) is 0 Å². The first-order valence-electron chi connectivity index (χ1n) is 10.8. The molecule has 2 N–H and O–H groups in total. The Kier molecular flexibility index (Phi) is 5.38. The fraction of sp³-hybridized carbons (Fsp3) is 0.333. The maximum atomic E-state index is 14.4. The third kappa shape index (κ3) is 3.98. The Bertz CT molecular complexity index is 1170. The zero-order valence-corrected chi connectivity index (χ0v) is 17.5. The number of hydrogen-bond acceptors (Lipinski definition) is 4. The summed E-state index contributed by atoms with van der Waals surface area (Å²) in [5.41, 5.74) is 1.66. The summed E-state index contributed by atoms with van der Waals surface area (Å²) in [5, 5.41) is 13.4. The molecule has 6 nitrogen and oxygen atoms in total. The van der Waals surface area contributed by atoms with Crippen LogP contribution in [0.25, 0.3) is 10.9 Å². The summed E-state index contributed by atoms with van der Waals surface area (Å²) in [7, 11) is 0. The number of fused-ring (bicyclic) bond motifs is 1. The molecule has 2 saturated heterocycles. The van der Waals surface area contributed by atoms with E-state index in [2.05, 4.69) is 5.32 Å². The molecule has 2 aliphatic heterocycles. The Morgan fingerprint density at radius 2 is 1.91 bits per heavy atom. The van der Waals surface area contributed by atoms with Crippen molar-refractivity contribution < 1.29 is 18.7 Å². The van der Waals surface area contributed by atoms with E-state index in [-0.39, 0.29) is 12.1 Å². The van der Waals surface area contributed by atoms with E-state index in [0.29, 0.717) is 48.6 Å². The Balaban J connectivity index is 1.41. The van der Waals surface area contributed by atoms with Crippen LogP contribution in [0.5, 0.6) is 0 Å². The summed E-state index contributed by atoms with van der Waals surface area (Å²) in [5.74, 6) is -0.179. The van der Waals surface area contributed by atoms with Crippen molar-refractivity contribution in [3.63, 3.8) is 0 Å². The number of rotatable bonds is 3. The second-order valence-corrected chi connectivity index (χ2v) is 8.41. The van der Waals surface area contributed by atoms with E-state index in [4.69, 9.17) is 4.98 Å². The lowest BCUT2D eigenvalue weighted by atomic mass is 10.0. The van der Waals surface area contributed by atoms with E-state index in [9.17, 15) is 18.7 Å². The van der Waals surface area contributed by atoms with Crippen LogP contribution in [-0.4, -0.2) is 46.8 Å². The van der Waals surface area contributed by atoms with Gasteiger partial charge in [-0.05, 0) is 61.7 Å². The molecule has 2 aliphatic rings. The summed E-state index contributed by atoms with van der Waals surface area (Å²) >= 11 is 0.